The second-order valence-electron chi connectivity index (χ2n) is 4.77. The molecule has 0 amide bonds. The van der Waals surface area contributed by atoms with Crippen LogP contribution in [0.15, 0.2) is 6.33 Å². The molecule has 0 radical (unpaired) electrons. The summed E-state index contributed by atoms with van der Waals surface area (Å²) in [6.07, 6.45) is 3.88. The smallest absolute Gasteiger partial charge is 0.187 e. The summed E-state index contributed by atoms with van der Waals surface area (Å²) in [6.45, 7) is 4.32. The number of nitrogens with two attached hydrogens (primary N) is 1. The highest BCUT2D eigenvalue weighted by atomic mass is 127. The molecule has 0 aromatic carbocycles. The molecule has 0 aliphatic carbocycles. The van der Waals surface area contributed by atoms with Crippen molar-refractivity contribution in [2.24, 2.45) is 5.92 Å². The minimum Gasteiger partial charge on any atom is -0.383 e. The highest BCUT2D eigenvalue weighted by Crippen LogP contribution is 2.24. The van der Waals surface area contributed by atoms with Gasteiger partial charge in [0.05, 0.1) is 5.39 Å². The number of hydrogen-bond acceptors (Lipinski definition) is 5. The molecule has 7 heteroatoms. The normalized spacial score (nSPS) is 17.6. The number of aromatic nitrogens is 4. The zero-order valence-electron chi connectivity index (χ0n) is 10.2. The van der Waals surface area contributed by atoms with Gasteiger partial charge in [0, 0.05) is 13.1 Å². The molecule has 0 spiro atoms. The van der Waals surface area contributed by atoms with E-state index in [1.165, 1.54) is 19.2 Å². The van der Waals surface area contributed by atoms with Gasteiger partial charge in [-0.1, -0.05) is 6.92 Å². The number of hydrogen-bond donors (Lipinski definition) is 1. The van der Waals surface area contributed by atoms with Crippen LogP contribution >= 0.6 is 22.6 Å². The first kappa shape index (κ1) is 11.9. The van der Waals surface area contributed by atoms with Crippen LogP contribution in [0.25, 0.3) is 11.0 Å². The minimum absolute atomic E-state index is 0.501. The Labute approximate surface area is 119 Å². The molecule has 1 fully saturated rings. The molecule has 3 rings (SSSR count). The quantitative estimate of drug-likeness (QED) is 0.780. The van der Waals surface area contributed by atoms with Crippen LogP contribution in [0.4, 0.5) is 5.82 Å². The van der Waals surface area contributed by atoms with Crippen molar-refractivity contribution in [2.75, 3.05) is 23.8 Å². The van der Waals surface area contributed by atoms with E-state index in [0.29, 0.717) is 5.82 Å². The molecule has 1 aliphatic heterocycles. The van der Waals surface area contributed by atoms with Gasteiger partial charge in [-0.15, -0.1) is 5.10 Å². The lowest BCUT2D eigenvalue weighted by molar-refractivity contribution is 0.375. The molecule has 0 atom stereocenters. The van der Waals surface area contributed by atoms with E-state index in [1.807, 2.05) is 4.79 Å². The van der Waals surface area contributed by atoms with E-state index in [9.17, 15) is 0 Å². The van der Waals surface area contributed by atoms with E-state index in [2.05, 4.69) is 49.6 Å². The van der Waals surface area contributed by atoms with Gasteiger partial charge in [-0.2, -0.15) is 4.79 Å². The molecular formula is C11H15IN6. The molecule has 2 aromatic rings. The van der Waals surface area contributed by atoms with E-state index < -0.39 is 0 Å². The van der Waals surface area contributed by atoms with E-state index in [-0.39, 0.29) is 0 Å². The molecule has 1 saturated heterocycles. The van der Waals surface area contributed by atoms with Gasteiger partial charge in [-0.05, 0) is 41.4 Å². The SMILES string of the molecule is CC1CCN(n2nc(I)c3c(N)ncnc32)CC1. The molecule has 2 aromatic heterocycles. The average molecular weight is 358 g/mol. The summed E-state index contributed by atoms with van der Waals surface area (Å²) in [5.41, 5.74) is 6.70. The largest absolute Gasteiger partial charge is 0.383 e. The van der Waals surface area contributed by atoms with Gasteiger partial charge in [0.1, 0.15) is 15.8 Å². The number of anilines is 1. The van der Waals surface area contributed by atoms with Crippen LogP contribution in [0.1, 0.15) is 19.8 Å². The summed E-state index contributed by atoms with van der Waals surface area (Å²) in [4.78, 5) is 10.2. The summed E-state index contributed by atoms with van der Waals surface area (Å²) < 4.78 is 0.860. The fourth-order valence-corrected chi connectivity index (χ4v) is 3.02. The molecular weight excluding hydrogens is 343 g/mol. The molecule has 0 unspecified atom stereocenters. The monoisotopic (exact) mass is 358 g/mol. The Bertz CT molecular complexity index is 572. The molecule has 0 saturated carbocycles. The first-order valence-electron chi connectivity index (χ1n) is 6.06. The van der Waals surface area contributed by atoms with Crippen molar-refractivity contribution < 1.29 is 0 Å². The van der Waals surface area contributed by atoms with Gasteiger partial charge < -0.3 is 5.73 Å². The Balaban J connectivity index is 2.05. The number of piperidine rings is 1. The lowest BCUT2D eigenvalue weighted by Crippen LogP contribution is -2.42. The molecule has 0 bridgehead atoms. The van der Waals surface area contributed by atoms with Crippen LogP contribution < -0.4 is 10.7 Å². The molecule has 18 heavy (non-hydrogen) atoms. The first-order valence-corrected chi connectivity index (χ1v) is 7.14. The van der Waals surface area contributed by atoms with Gasteiger partial charge >= 0.3 is 0 Å². The van der Waals surface area contributed by atoms with Gasteiger partial charge in [0.2, 0.25) is 0 Å². The summed E-state index contributed by atoms with van der Waals surface area (Å²) in [5, 5.41) is 7.64. The number of halogens is 1. The Morgan fingerprint density at radius 1 is 1.33 bits per heavy atom. The lowest BCUT2D eigenvalue weighted by atomic mass is 10.0. The van der Waals surface area contributed by atoms with Crippen molar-refractivity contribution in [3.05, 3.63) is 10.0 Å². The van der Waals surface area contributed by atoms with Gasteiger partial charge in [-0.25, -0.2) is 9.97 Å². The highest BCUT2D eigenvalue weighted by Gasteiger charge is 2.21. The maximum absolute atomic E-state index is 5.89. The van der Waals surface area contributed by atoms with Crippen molar-refractivity contribution in [2.45, 2.75) is 19.8 Å². The van der Waals surface area contributed by atoms with Crippen LogP contribution in [0, 0.1) is 9.62 Å². The molecule has 96 valence electrons. The van der Waals surface area contributed by atoms with Crippen LogP contribution in [0.2, 0.25) is 0 Å². The van der Waals surface area contributed by atoms with Crippen molar-refractivity contribution in [1.29, 1.82) is 0 Å². The molecule has 1 aliphatic rings. The predicted octanol–water partition coefficient (Wildman–Crippen LogP) is 1.38. The average Bonchev–Trinajstić information content (AvgIpc) is 2.69. The van der Waals surface area contributed by atoms with E-state index in [0.717, 1.165) is 33.7 Å². The van der Waals surface area contributed by atoms with Crippen LogP contribution in [-0.2, 0) is 0 Å². The fraction of sp³-hybridized carbons (Fsp3) is 0.545. The van der Waals surface area contributed by atoms with Crippen molar-refractivity contribution >= 4 is 39.4 Å². The zero-order valence-corrected chi connectivity index (χ0v) is 12.3. The van der Waals surface area contributed by atoms with Crippen molar-refractivity contribution in [1.82, 2.24) is 19.9 Å². The number of rotatable bonds is 1. The summed E-state index contributed by atoms with van der Waals surface area (Å²) in [7, 11) is 0. The second-order valence-corrected chi connectivity index (χ2v) is 5.80. The van der Waals surface area contributed by atoms with E-state index in [4.69, 9.17) is 5.73 Å². The van der Waals surface area contributed by atoms with Gasteiger partial charge in [0.25, 0.3) is 0 Å². The third kappa shape index (κ3) is 1.90. The predicted molar refractivity (Wildman–Crippen MR) is 78.8 cm³/mol. The molecule has 2 N–H and O–H groups in total. The number of fused-ring (bicyclic) bond motifs is 1. The van der Waals surface area contributed by atoms with Gasteiger partial charge in [-0.3, -0.25) is 5.01 Å². The first-order chi connectivity index (χ1) is 8.66. The van der Waals surface area contributed by atoms with E-state index in [1.54, 1.807) is 0 Å². The van der Waals surface area contributed by atoms with E-state index >= 15 is 0 Å². The molecule has 6 nitrogen and oxygen atoms in total. The zero-order chi connectivity index (χ0) is 12.7. The Morgan fingerprint density at radius 2 is 2.06 bits per heavy atom. The molecule has 3 heterocycles. The third-order valence-electron chi connectivity index (χ3n) is 3.46. The number of nitrogen functional groups attached to an aromatic ring is 1. The summed E-state index contributed by atoms with van der Waals surface area (Å²) >= 11 is 2.19. The Kier molecular flexibility index (Phi) is 3.00. The van der Waals surface area contributed by atoms with Crippen LogP contribution in [-0.4, -0.2) is 32.9 Å². The van der Waals surface area contributed by atoms with Crippen molar-refractivity contribution in [3.8, 4) is 0 Å². The third-order valence-corrected chi connectivity index (χ3v) is 4.22. The van der Waals surface area contributed by atoms with Crippen LogP contribution in [0.3, 0.4) is 0 Å². The standard InChI is InChI=1S/C11H15IN6/c1-7-2-4-17(5-3-7)18-11-8(9(12)16-18)10(13)14-6-15-11/h6-7H,2-5H2,1H3,(H2,13,14,15). The maximum atomic E-state index is 5.89. The van der Waals surface area contributed by atoms with Gasteiger partial charge in [0.15, 0.2) is 5.65 Å². The van der Waals surface area contributed by atoms with Crippen molar-refractivity contribution in [3.63, 3.8) is 0 Å². The number of nitrogens with zero attached hydrogens (tertiary/aromatic N) is 5. The summed E-state index contributed by atoms with van der Waals surface area (Å²) in [6, 6.07) is 0. The van der Waals surface area contributed by atoms with Crippen LogP contribution in [0.5, 0.6) is 0 Å². The topological polar surface area (TPSA) is 72.9 Å². The fourth-order valence-electron chi connectivity index (χ4n) is 2.30. The maximum Gasteiger partial charge on any atom is 0.187 e. The summed E-state index contributed by atoms with van der Waals surface area (Å²) in [5.74, 6) is 1.29. The Hall–Kier alpha value is -1.12. The second kappa shape index (κ2) is 4.52. The Morgan fingerprint density at radius 3 is 2.78 bits per heavy atom. The lowest BCUT2D eigenvalue weighted by Gasteiger charge is -2.31. The highest BCUT2D eigenvalue weighted by molar-refractivity contribution is 14.1. The minimum atomic E-state index is 0.501.